The molecule has 0 aromatic rings. The molecule has 0 aromatic carbocycles. The summed E-state index contributed by atoms with van der Waals surface area (Å²) in [6.07, 6.45) is 5.96. The topological polar surface area (TPSA) is 79.9 Å². The van der Waals surface area contributed by atoms with Gasteiger partial charge in [0, 0.05) is 23.5 Å². The number of hydroxylamine groups is 2. The first-order valence-corrected chi connectivity index (χ1v) is 11.4. The summed E-state index contributed by atoms with van der Waals surface area (Å²) in [6, 6.07) is -0.0888. The number of carbonyl (C=O) groups is 2. The van der Waals surface area contributed by atoms with Crippen LogP contribution in [-0.2, 0) is 14.4 Å². The summed E-state index contributed by atoms with van der Waals surface area (Å²) in [7, 11) is 1.70. The Morgan fingerprint density at radius 1 is 1.13 bits per heavy atom. The lowest BCUT2D eigenvalue weighted by molar-refractivity contribution is -0.267. The Kier molecular flexibility index (Phi) is 9.57. The number of nitrogens with one attached hydrogen (secondary N) is 2. The SMILES string of the molecule is CON1C(C)(C)CC(NC(=O)CC=C[C@H](CC(C)C)NC(=O)OC(C)(C)C)CC1(C)C. The van der Waals surface area contributed by atoms with E-state index in [1.165, 1.54) is 0 Å². The Morgan fingerprint density at radius 3 is 2.13 bits per heavy atom. The molecule has 2 amide bonds. The van der Waals surface area contributed by atoms with Crippen molar-refractivity contribution < 1.29 is 19.2 Å². The van der Waals surface area contributed by atoms with E-state index < -0.39 is 11.7 Å². The highest BCUT2D eigenvalue weighted by Crippen LogP contribution is 2.38. The van der Waals surface area contributed by atoms with Crippen molar-refractivity contribution in [1.82, 2.24) is 15.7 Å². The van der Waals surface area contributed by atoms with Gasteiger partial charge in [-0.25, -0.2) is 4.79 Å². The van der Waals surface area contributed by atoms with Gasteiger partial charge in [0.15, 0.2) is 0 Å². The average Bonchev–Trinajstić information content (AvgIpc) is 2.49. The van der Waals surface area contributed by atoms with Crippen LogP contribution in [0.25, 0.3) is 0 Å². The van der Waals surface area contributed by atoms with Crippen LogP contribution in [-0.4, -0.2) is 52.9 Å². The predicted octanol–water partition coefficient (Wildman–Crippen LogP) is 4.57. The van der Waals surface area contributed by atoms with Gasteiger partial charge in [-0.15, -0.1) is 0 Å². The van der Waals surface area contributed by atoms with E-state index >= 15 is 0 Å². The maximum absolute atomic E-state index is 12.6. The van der Waals surface area contributed by atoms with Gasteiger partial charge < -0.3 is 20.2 Å². The molecule has 0 radical (unpaired) electrons. The normalized spacial score (nSPS) is 20.6. The van der Waals surface area contributed by atoms with Gasteiger partial charge in [0.1, 0.15) is 5.60 Å². The molecule has 0 spiro atoms. The molecule has 31 heavy (non-hydrogen) atoms. The standard InChI is InChI=1S/C24H45N3O4/c1-17(2)14-18(26-21(29)31-22(3,4)5)12-11-13-20(28)25-19-15-23(6,7)27(30-10)24(8,9)16-19/h11-12,17-19H,13-16H2,1-10H3,(H,25,28)(H,26,29)/t18-/m1/s1. The molecule has 2 N–H and O–H groups in total. The largest absolute Gasteiger partial charge is 0.444 e. The smallest absolute Gasteiger partial charge is 0.408 e. The number of ether oxygens (including phenoxy) is 1. The van der Waals surface area contributed by atoms with Gasteiger partial charge >= 0.3 is 6.09 Å². The highest BCUT2D eigenvalue weighted by atomic mass is 16.7. The van der Waals surface area contributed by atoms with Crippen molar-refractivity contribution in [2.24, 2.45) is 5.92 Å². The molecule has 0 aromatic heterocycles. The molecule has 0 aliphatic carbocycles. The third kappa shape index (κ3) is 9.60. The fourth-order valence-corrected chi connectivity index (χ4v) is 4.64. The quantitative estimate of drug-likeness (QED) is 0.542. The molecule has 1 aliphatic heterocycles. The molecule has 0 saturated carbocycles. The maximum Gasteiger partial charge on any atom is 0.408 e. The van der Waals surface area contributed by atoms with E-state index in [0.29, 0.717) is 5.92 Å². The zero-order chi connectivity index (χ0) is 24.0. The molecule has 1 rings (SSSR count). The Balaban J connectivity index is 2.66. The summed E-state index contributed by atoms with van der Waals surface area (Å²) in [4.78, 5) is 30.3. The molecule has 0 bridgehead atoms. The second-order valence-corrected chi connectivity index (χ2v) is 11.3. The van der Waals surface area contributed by atoms with Gasteiger partial charge in [-0.3, -0.25) is 4.79 Å². The lowest BCUT2D eigenvalue weighted by atomic mass is 9.79. The number of piperidine rings is 1. The Hall–Kier alpha value is -1.60. The van der Waals surface area contributed by atoms with E-state index in [1.54, 1.807) is 7.11 Å². The van der Waals surface area contributed by atoms with E-state index in [9.17, 15) is 9.59 Å². The predicted molar refractivity (Wildman–Crippen MR) is 125 cm³/mol. The fourth-order valence-electron chi connectivity index (χ4n) is 4.64. The van der Waals surface area contributed by atoms with E-state index in [2.05, 4.69) is 52.2 Å². The summed E-state index contributed by atoms with van der Waals surface area (Å²) >= 11 is 0. The third-order valence-electron chi connectivity index (χ3n) is 5.24. The second kappa shape index (κ2) is 10.8. The van der Waals surface area contributed by atoms with Gasteiger partial charge in [-0.05, 0) is 73.6 Å². The lowest BCUT2D eigenvalue weighted by Crippen LogP contribution is -2.63. The van der Waals surface area contributed by atoms with Crippen LogP contribution in [0.2, 0.25) is 0 Å². The zero-order valence-corrected chi connectivity index (χ0v) is 21.3. The van der Waals surface area contributed by atoms with Crippen molar-refractivity contribution in [3.63, 3.8) is 0 Å². The molecule has 1 atom stereocenters. The van der Waals surface area contributed by atoms with Crippen LogP contribution < -0.4 is 10.6 Å². The van der Waals surface area contributed by atoms with E-state index in [4.69, 9.17) is 9.57 Å². The van der Waals surface area contributed by atoms with Crippen LogP contribution >= 0.6 is 0 Å². The molecule has 1 aliphatic rings. The van der Waals surface area contributed by atoms with Crippen LogP contribution in [0, 0.1) is 5.92 Å². The van der Waals surface area contributed by atoms with Gasteiger partial charge in [0.2, 0.25) is 5.91 Å². The monoisotopic (exact) mass is 439 g/mol. The van der Waals surface area contributed by atoms with Crippen LogP contribution in [0.3, 0.4) is 0 Å². The molecule has 1 heterocycles. The van der Waals surface area contributed by atoms with E-state index in [0.717, 1.165) is 19.3 Å². The Labute approximate surface area is 189 Å². The Bertz CT molecular complexity index is 617. The number of hydrogen-bond donors (Lipinski definition) is 2. The van der Waals surface area contributed by atoms with E-state index in [-0.39, 0.29) is 35.5 Å². The lowest BCUT2D eigenvalue weighted by Gasteiger charge is -2.53. The van der Waals surface area contributed by atoms with Gasteiger partial charge in [-0.2, -0.15) is 5.06 Å². The fraction of sp³-hybridized carbons (Fsp3) is 0.833. The summed E-state index contributed by atoms with van der Waals surface area (Å²) in [5.74, 6) is 0.383. The molecule has 1 fully saturated rings. The molecular formula is C24H45N3O4. The summed E-state index contributed by atoms with van der Waals surface area (Å²) in [5.41, 5.74) is -0.899. The van der Waals surface area contributed by atoms with Gasteiger partial charge in [0.25, 0.3) is 0 Å². The molecule has 7 heteroatoms. The average molecular weight is 440 g/mol. The minimum Gasteiger partial charge on any atom is -0.444 e. The number of hydrogen-bond acceptors (Lipinski definition) is 5. The molecule has 180 valence electrons. The molecular weight excluding hydrogens is 394 g/mol. The summed E-state index contributed by atoms with van der Waals surface area (Å²) < 4.78 is 5.36. The van der Waals surface area contributed by atoms with Crippen LogP contribution in [0.4, 0.5) is 4.79 Å². The highest BCUT2D eigenvalue weighted by molar-refractivity contribution is 5.77. The number of amides is 2. The van der Waals surface area contributed by atoms with Crippen molar-refractivity contribution in [3.8, 4) is 0 Å². The van der Waals surface area contributed by atoms with Crippen molar-refractivity contribution in [1.29, 1.82) is 0 Å². The number of carbonyl (C=O) groups excluding carboxylic acids is 2. The van der Waals surface area contributed by atoms with Crippen LogP contribution in [0.1, 0.15) is 88.0 Å². The van der Waals surface area contributed by atoms with Gasteiger partial charge in [0.05, 0.1) is 13.2 Å². The first-order valence-electron chi connectivity index (χ1n) is 11.4. The van der Waals surface area contributed by atoms with Crippen LogP contribution in [0.5, 0.6) is 0 Å². The number of alkyl carbamates (subject to hydrolysis) is 1. The van der Waals surface area contributed by atoms with Crippen molar-refractivity contribution in [2.75, 3.05) is 7.11 Å². The summed E-state index contributed by atoms with van der Waals surface area (Å²) in [6.45, 7) is 18.2. The Morgan fingerprint density at radius 2 is 1.68 bits per heavy atom. The van der Waals surface area contributed by atoms with Crippen LogP contribution in [0.15, 0.2) is 12.2 Å². The first-order chi connectivity index (χ1) is 14.1. The minimum atomic E-state index is -0.546. The third-order valence-corrected chi connectivity index (χ3v) is 5.24. The van der Waals surface area contributed by atoms with Crippen molar-refractivity contribution in [3.05, 3.63) is 12.2 Å². The molecule has 7 nitrogen and oxygen atoms in total. The highest BCUT2D eigenvalue weighted by Gasteiger charge is 2.46. The number of rotatable bonds is 8. The van der Waals surface area contributed by atoms with Gasteiger partial charge in [-0.1, -0.05) is 26.0 Å². The first kappa shape index (κ1) is 27.4. The molecule has 0 unspecified atom stereocenters. The molecule has 1 saturated heterocycles. The maximum atomic E-state index is 12.6. The summed E-state index contributed by atoms with van der Waals surface area (Å²) in [5, 5.41) is 8.10. The second-order valence-electron chi connectivity index (χ2n) is 11.3. The minimum absolute atomic E-state index is 0.0146. The van der Waals surface area contributed by atoms with Crippen molar-refractivity contribution in [2.45, 2.75) is 117 Å². The zero-order valence-electron chi connectivity index (χ0n) is 21.3. The van der Waals surface area contributed by atoms with E-state index in [1.807, 2.05) is 38.0 Å². The van der Waals surface area contributed by atoms with Crippen molar-refractivity contribution >= 4 is 12.0 Å². The number of nitrogens with zero attached hydrogens (tertiary/aromatic N) is 1.